The Kier molecular flexibility index (Phi) is 6.83. The summed E-state index contributed by atoms with van der Waals surface area (Å²) in [6.45, 7) is 14.3. The zero-order valence-corrected chi connectivity index (χ0v) is 22.2. The van der Waals surface area contributed by atoms with Gasteiger partial charge in [0.1, 0.15) is 0 Å². The van der Waals surface area contributed by atoms with Crippen LogP contribution in [0.15, 0.2) is 35.5 Å². The van der Waals surface area contributed by atoms with Crippen LogP contribution in [0.4, 0.5) is 0 Å². The zero-order chi connectivity index (χ0) is 24.2. The Balaban J connectivity index is 1.54. The molecule has 4 nitrogen and oxygen atoms in total. The van der Waals surface area contributed by atoms with Crippen LogP contribution in [0, 0.1) is 46.3 Å². The van der Waals surface area contributed by atoms with Crippen molar-refractivity contribution in [3.8, 4) is 0 Å². The number of rotatable bonds is 6. The Morgan fingerprint density at radius 1 is 1.00 bits per heavy atom. The summed E-state index contributed by atoms with van der Waals surface area (Å²) in [7, 11) is -4.40. The van der Waals surface area contributed by atoms with Gasteiger partial charge in [0.25, 0.3) is 0 Å². The Morgan fingerprint density at radius 2 is 1.73 bits per heavy atom. The fraction of sp³-hybridized carbons (Fsp3) is 0.786. The Hall–Kier alpha value is -0.910. The number of hydrogen-bond donors (Lipinski definition) is 1. The van der Waals surface area contributed by atoms with E-state index in [1.165, 1.54) is 31.3 Å². The molecule has 0 aromatic rings. The summed E-state index contributed by atoms with van der Waals surface area (Å²) in [5.41, 5.74) is 3.40. The van der Waals surface area contributed by atoms with E-state index in [0.29, 0.717) is 47.8 Å². The molecule has 4 aliphatic carbocycles. The normalized spacial score (nSPS) is 40.6. The van der Waals surface area contributed by atoms with Crippen molar-refractivity contribution >= 4 is 10.4 Å². The van der Waals surface area contributed by atoms with Gasteiger partial charge >= 0.3 is 10.4 Å². The molecule has 4 rings (SSSR count). The third-order valence-electron chi connectivity index (χ3n) is 10.3. The Bertz CT molecular complexity index is 945. The van der Waals surface area contributed by atoms with Crippen LogP contribution in [-0.4, -0.2) is 19.1 Å². The predicted molar refractivity (Wildman–Crippen MR) is 134 cm³/mol. The summed E-state index contributed by atoms with van der Waals surface area (Å²) in [4.78, 5) is 0. The minimum atomic E-state index is -4.40. The zero-order valence-electron chi connectivity index (χ0n) is 21.4. The van der Waals surface area contributed by atoms with Crippen molar-refractivity contribution in [3.05, 3.63) is 35.5 Å². The molecule has 0 aromatic carbocycles. The number of hydrogen-bond acceptors (Lipinski definition) is 3. The van der Waals surface area contributed by atoms with E-state index in [1.807, 2.05) is 0 Å². The molecule has 5 heteroatoms. The maximum atomic E-state index is 11.2. The molecule has 3 saturated carbocycles. The van der Waals surface area contributed by atoms with Crippen LogP contribution in [0.5, 0.6) is 0 Å². The second kappa shape index (κ2) is 8.95. The first-order valence-corrected chi connectivity index (χ1v) is 14.5. The molecule has 4 aliphatic rings. The molecule has 33 heavy (non-hydrogen) atoms. The van der Waals surface area contributed by atoms with Crippen LogP contribution in [0.3, 0.4) is 0 Å². The highest BCUT2D eigenvalue weighted by Crippen LogP contribution is 2.66. The number of fused-ring (bicyclic) bond motifs is 5. The van der Waals surface area contributed by atoms with Crippen molar-refractivity contribution in [2.45, 2.75) is 92.6 Å². The molecule has 0 unspecified atom stereocenters. The van der Waals surface area contributed by atoms with Gasteiger partial charge in [-0.15, -0.1) is 0 Å². The van der Waals surface area contributed by atoms with Crippen molar-refractivity contribution < 1.29 is 17.2 Å². The largest absolute Gasteiger partial charge is 0.397 e. The minimum Gasteiger partial charge on any atom is -0.264 e. The van der Waals surface area contributed by atoms with Crippen LogP contribution in [0.25, 0.3) is 0 Å². The van der Waals surface area contributed by atoms with Gasteiger partial charge in [0.05, 0.1) is 6.10 Å². The van der Waals surface area contributed by atoms with Gasteiger partial charge in [-0.05, 0) is 91.3 Å². The fourth-order valence-corrected chi connectivity index (χ4v) is 8.34. The van der Waals surface area contributed by atoms with E-state index in [4.69, 9.17) is 8.74 Å². The van der Waals surface area contributed by atoms with Crippen LogP contribution >= 0.6 is 0 Å². The lowest BCUT2D eigenvalue weighted by Gasteiger charge is -2.55. The van der Waals surface area contributed by atoms with Gasteiger partial charge in [0.15, 0.2) is 0 Å². The summed E-state index contributed by atoms with van der Waals surface area (Å²) >= 11 is 0. The van der Waals surface area contributed by atoms with Gasteiger partial charge in [-0.1, -0.05) is 77.0 Å². The van der Waals surface area contributed by atoms with Crippen molar-refractivity contribution in [3.63, 3.8) is 0 Å². The van der Waals surface area contributed by atoms with Gasteiger partial charge in [0, 0.05) is 0 Å². The molecule has 0 radical (unpaired) electrons. The average molecular weight is 477 g/mol. The lowest BCUT2D eigenvalue weighted by Crippen LogP contribution is -2.46. The van der Waals surface area contributed by atoms with Crippen molar-refractivity contribution in [2.75, 3.05) is 0 Å². The average Bonchev–Trinajstić information content (AvgIpc) is 3.08. The van der Waals surface area contributed by atoms with Crippen LogP contribution < -0.4 is 0 Å². The molecule has 0 bridgehead atoms. The minimum absolute atomic E-state index is 0.0841. The van der Waals surface area contributed by atoms with Gasteiger partial charge in [0.2, 0.25) is 0 Å². The molecule has 1 N–H and O–H groups in total. The van der Waals surface area contributed by atoms with E-state index in [1.54, 1.807) is 5.57 Å². The topological polar surface area (TPSA) is 63.6 Å². The smallest absolute Gasteiger partial charge is 0.264 e. The summed E-state index contributed by atoms with van der Waals surface area (Å²) in [6, 6.07) is 0. The molecule has 3 fully saturated rings. The van der Waals surface area contributed by atoms with Gasteiger partial charge in [-0.2, -0.15) is 8.42 Å². The second-order valence-corrected chi connectivity index (χ2v) is 13.4. The maximum Gasteiger partial charge on any atom is 0.397 e. The molecule has 0 heterocycles. The summed E-state index contributed by atoms with van der Waals surface area (Å²) in [5.74, 6) is 3.85. The van der Waals surface area contributed by atoms with Crippen molar-refractivity contribution in [1.29, 1.82) is 0 Å². The first-order chi connectivity index (χ1) is 15.3. The lowest BCUT2D eigenvalue weighted by atomic mass is 9.50. The fourth-order valence-electron chi connectivity index (χ4n) is 7.83. The van der Waals surface area contributed by atoms with E-state index < -0.39 is 16.5 Å². The van der Waals surface area contributed by atoms with Crippen molar-refractivity contribution in [1.82, 2.24) is 0 Å². The molecule has 0 spiro atoms. The molecule has 0 saturated heterocycles. The summed E-state index contributed by atoms with van der Waals surface area (Å²) in [6.07, 6.45) is 16.4. The molecular formula is C28H44O4S. The maximum absolute atomic E-state index is 11.2. The highest BCUT2D eigenvalue weighted by molar-refractivity contribution is 7.80. The summed E-state index contributed by atoms with van der Waals surface area (Å²) in [5, 5.41) is 0. The monoisotopic (exact) mass is 476 g/mol. The summed E-state index contributed by atoms with van der Waals surface area (Å²) < 4.78 is 36.5. The van der Waals surface area contributed by atoms with E-state index in [9.17, 15) is 8.42 Å². The van der Waals surface area contributed by atoms with E-state index in [2.05, 4.69) is 65.8 Å². The third-order valence-corrected chi connectivity index (χ3v) is 10.8. The van der Waals surface area contributed by atoms with Crippen LogP contribution in [-0.2, 0) is 14.6 Å². The molecule has 0 amide bonds. The van der Waals surface area contributed by atoms with Gasteiger partial charge < -0.3 is 0 Å². The van der Waals surface area contributed by atoms with E-state index in [0.717, 1.165) is 12.3 Å². The SMILES string of the molecule is CC(C)[C@@H](C)/C=C/[C@@H](C)[C@H]1CC[C@H]2C3=CC=C4C[C@@H](OS(=O)(=O)O)CC[C@]4(C)[C@H]3CC[C@]12C. The molecule has 186 valence electrons. The van der Waals surface area contributed by atoms with Gasteiger partial charge in [-0.25, -0.2) is 4.18 Å². The highest BCUT2D eigenvalue weighted by atomic mass is 32.3. The van der Waals surface area contributed by atoms with Crippen LogP contribution in [0.2, 0.25) is 0 Å². The van der Waals surface area contributed by atoms with Crippen molar-refractivity contribution in [2.24, 2.45) is 46.3 Å². The molecular weight excluding hydrogens is 432 g/mol. The lowest BCUT2D eigenvalue weighted by molar-refractivity contribution is 0.0420. The number of allylic oxidation sites excluding steroid dienone is 5. The molecule has 0 aliphatic heterocycles. The Morgan fingerprint density at radius 3 is 2.39 bits per heavy atom. The third kappa shape index (κ3) is 4.67. The van der Waals surface area contributed by atoms with Gasteiger partial charge in [-0.3, -0.25) is 4.55 Å². The first kappa shape index (κ1) is 25.2. The van der Waals surface area contributed by atoms with E-state index >= 15 is 0 Å². The standard InChI is InChI=1S/C28H44O4S/c1-18(2)19(3)7-8-20(4)24-11-12-25-23-10-9-21-17-22(32-33(29,30)31)13-15-27(21,5)26(23)14-16-28(24,25)6/h7-10,18-20,22,24-26H,11-17H2,1-6H3,(H,29,30,31)/b8-7+/t19-,20+,22-,24+,25-,26-,27-,28+/m0/s1. The second-order valence-electron chi connectivity index (χ2n) is 12.3. The first-order valence-electron chi connectivity index (χ1n) is 13.1. The highest BCUT2D eigenvalue weighted by Gasteiger charge is 2.57. The van der Waals surface area contributed by atoms with E-state index in [-0.39, 0.29) is 5.41 Å². The molecule has 8 atom stereocenters. The Labute approximate surface area is 201 Å². The molecule has 0 aromatic heterocycles. The quantitative estimate of drug-likeness (QED) is 0.326. The predicted octanol–water partition coefficient (Wildman–Crippen LogP) is 7.16. The van der Waals surface area contributed by atoms with Crippen LogP contribution in [0.1, 0.15) is 86.5 Å².